The van der Waals surface area contributed by atoms with Gasteiger partial charge in [0, 0.05) is 21.9 Å². The van der Waals surface area contributed by atoms with Crippen LogP contribution in [-0.4, -0.2) is 46.5 Å². The fourth-order valence-corrected chi connectivity index (χ4v) is 3.05. The Morgan fingerprint density at radius 1 is 1.04 bits per heavy atom. The van der Waals surface area contributed by atoms with Gasteiger partial charge in [-0.25, -0.2) is 8.42 Å². The van der Waals surface area contributed by atoms with Crippen LogP contribution in [0.3, 0.4) is 0 Å². The second-order valence-electron chi connectivity index (χ2n) is 4.42. The maximum atomic E-state index is 12.1. The highest BCUT2D eigenvalue weighted by Gasteiger charge is 2.39. The van der Waals surface area contributed by atoms with Crippen molar-refractivity contribution in [1.82, 2.24) is 0 Å². The van der Waals surface area contributed by atoms with E-state index in [0.717, 1.165) is 10.8 Å². The molecule has 15 heteroatoms. The molecular weight excluding hydrogens is 390 g/mol. The van der Waals surface area contributed by atoms with Crippen molar-refractivity contribution in [2.24, 2.45) is 0 Å². The van der Waals surface area contributed by atoms with E-state index in [1.165, 1.54) is 12.5 Å². The summed E-state index contributed by atoms with van der Waals surface area (Å²) in [6, 6.07) is 0.718. The van der Waals surface area contributed by atoms with E-state index in [9.17, 15) is 38.1 Å². The zero-order chi connectivity index (χ0) is 18.9. The number of benzene rings is 1. The normalized spacial score (nSPS) is 12.5. The van der Waals surface area contributed by atoms with Crippen molar-refractivity contribution >= 4 is 47.3 Å². The Hall–Kier alpha value is -1.97. The summed E-state index contributed by atoms with van der Waals surface area (Å²) >= 11 is 0. The second-order valence-corrected chi connectivity index (χ2v) is 11.9. The van der Waals surface area contributed by atoms with E-state index in [-0.39, 0.29) is 6.07 Å². The summed E-state index contributed by atoms with van der Waals surface area (Å²) < 4.78 is 39.0. The van der Waals surface area contributed by atoms with E-state index in [4.69, 9.17) is 4.28 Å². The van der Waals surface area contributed by atoms with Gasteiger partial charge in [0.15, 0.2) is 0 Å². The Balaban J connectivity index is 3.76. The Labute approximate surface area is 140 Å². The fraction of sp³-hybridized carbons (Fsp3) is 0.333. The molecular formula is C9H11N3O9S3. The number of hydrogen-bond acceptors (Lipinski definition) is 10. The highest BCUT2D eigenvalue weighted by atomic mass is 33.2. The molecule has 0 unspecified atom stereocenters. The van der Waals surface area contributed by atoms with Gasteiger partial charge >= 0.3 is 11.4 Å². The molecule has 12 nitrogen and oxygen atoms in total. The zero-order valence-corrected chi connectivity index (χ0v) is 14.8. The average Bonchev–Trinajstić information content (AvgIpc) is 2.44. The first-order valence-corrected chi connectivity index (χ1v) is 11.2. The SMILES string of the molecule is CSS(C)(C)O[N+](=O)c1cc([N+](=O)[O-])cc([N+](=O)[O-])c1S(=O)(=O)[O-]. The summed E-state index contributed by atoms with van der Waals surface area (Å²) in [7, 11) is -6.49. The van der Waals surface area contributed by atoms with Crippen LogP contribution in [0.15, 0.2) is 17.0 Å². The maximum absolute atomic E-state index is 12.1. The third kappa shape index (κ3) is 4.53. The summed E-state index contributed by atoms with van der Waals surface area (Å²) in [6.07, 6.45) is 4.59. The molecule has 1 rings (SSSR count). The number of hydrogen-bond donors (Lipinski definition) is 0. The lowest BCUT2D eigenvalue weighted by atomic mass is 10.2. The number of non-ortho nitro benzene ring substituents is 1. The first-order chi connectivity index (χ1) is 10.8. The van der Waals surface area contributed by atoms with Crippen molar-refractivity contribution in [3.63, 3.8) is 0 Å². The van der Waals surface area contributed by atoms with Crippen LogP contribution in [0.4, 0.5) is 17.1 Å². The van der Waals surface area contributed by atoms with Gasteiger partial charge in [0.1, 0.15) is 16.2 Å². The summed E-state index contributed by atoms with van der Waals surface area (Å²) in [5.41, 5.74) is -3.44. The molecule has 0 spiro atoms. The summed E-state index contributed by atoms with van der Waals surface area (Å²) in [6.45, 7) is 0. The van der Waals surface area contributed by atoms with E-state index in [0.29, 0.717) is 6.07 Å². The zero-order valence-electron chi connectivity index (χ0n) is 12.4. The standard InChI is InChI=1S/C9H11N3O9S3/c1-22-23(2,3)21-12(17)8-5-6(10(13)14)4-7(11(15)16)9(8)24(18,19)20/h4-5H,1-3H3. The predicted molar refractivity (Wildman–Crippen MR) is 85.0 cm³/mol. The van der Waals surface area contributed by atoms with Gasteiger partial charge in [-0.2, -0.15) is 4.28 Å². The van der Waals surface area contributed by atoms with Crippen molar-refractivity contribution in [2.45, 2.75) is 4.90 Å². The minimum absolute atomic E-state index is 0.286. The molecule has 0 amide bonds. The number of nitro groups is 2. The van der Waals surface area contributed by atoms with E-state index >= 15 is 0 Å². The molecule has 0 fully saturated rings. The highest BCUT2D eigenvalue weighted by molar-refractivity contribution is 8.91. The molecule has 0 bridgehead atoms. The molecule has 0 N–H and O–H groups in total. The van der Waals surface area contributed by atoms with Crippen LogP contribution in [0.5, 0.6) is 0 Å². The molecule has 0 saturated heterocycles. The van der Waals surface area contributed by atoms with Gasteiger partial charge in [-0.1, -0.05) is 10.8 Å². The minimum atomic E-state index is -5.49. The fourth-order valence-electron chi connectivity index (χ4n) is 1.45. The summed E-state index contributed by atoms with van der Waals surface area (Å²) in [4.78, 5) is 29.6. The van der Waals surface area contributed by atoms with Gasteiger partial charge in [0.05, 0.1) is 20.8 Å². The lowest BCUT2D eigenvalue weighted by Crippen LogP contribution is -2.12. The van der Waals surface area contributed by atoms with Crippen molar-refractivity contribution < 1.29 is 32.0 Å². The van der Waals surface area contributed by atoms with E-state index in [1.54, 1.807) is 6.26 Å². The Kier molecular flexibility index (Phi) is 5.75. The van der Waals surface area contributed by atoms with E-state index in [2.05, 4.69) is 0 Å². The molecule has 0 aliphatic rings. The molecule has 0 heterocycles. The molecule has 0 aromatic heterocycles. The highest BCUT2D eigenvalue weighted by Crippen LogP contribution is 2.54. The van der Waals surface area contributed by atoms with Crippen LogP contribution in [0.2, 0.25) is 0 Å². The monoisotopic (exact) mass is 401 g/mol. The number of nitro benzene ring substituents is 2. The molecule has 24 heavy (non-hydrogen) atoms. The third-order valence-corrected chi connectivity index (χ3v) is 7.34. The van der Waals surface area contributed by atoms with Gasteiger partial charge in [0.2, 0.25) is 4.90 Å². The largest absolute Gasteiger partial charge is 0.744 e. The second kappa shape index (κ2) is 6.88. The molecule has 0 aliphatic carbocycles. The van der Waals surface area contributed by atoms with Crippen LogP contribution in [0.1, 0.15) is 0 Å². The maximum Gasteiger partial charge on any atom is 0.349 e. The third-order valence-electron chi connectivity index (χ3n) is 2.54. The Morgan fingerprint density at radius 3 is 1.92 bits per heavy atom. The van der Waals surface area contributed by atoms with Crippen LogP contribution < -0.4 is 0 Å². The molecule has 0 saturated carbocycles. The lowest BCUT2D eigenvalue weighted by molar-refractivity contribution is -0.697. The van der Waals surface area contributed by atoms with Gasteiger partial charge in [-0.3, -0.25) is 20.2 Å². The molecule has 0 atom stereocenters. The average molecular weight is 401 g/mol. The molecule has 0 radical (unpaired) electrons. The molecule has 1 aromatic carbocycles. The van der Waals surface area contributed by atoms with Crippen molar-refractivity contribution in [3.05, 3.63) is 37.3 Å². The topological polar surface area (TPSA) is 173 Å². The van der Waals surface area contributed by atoms with Crippen molar-refractivity contribution in [1.29, 1.82) is 0 Å². The van der Waals surface area contributed by atoms with Gasteiger partial charge in [-0.15, -0.1) is 0 Å². The number of nitrogens with zero attached hydrogens (tertiary/aromatic N) is 3. The first kappa shape index (κ1) is 20.1. The summed E-state index contributed by atoms with van der Waals surface area (Å²) in [5.74, 6) is 0. The van der Waals surface area contributed by atoms with Crippen LogP contribution in [0, 0.1) is 25.1 Å². The smallest absolute Gasteiger partial charge is 0.349 e. The van der Waals surface area contributed by atoms with Gasteiger partial charge in [0.25, 0.3) is 10.6 Å². The molecule has 1 aromatic rings. The van der Waals surface area contributed by atoms with Crippen molar-refractivity contribution in [2.75, 3.05) is 18.8 Å². The van der Waals surface area contributed by atoms with Crippen molar-refractivity contribution in [3.8, 4) is 0 Å². The predicted octanol–water partition coefficient (Wildman–Crippen LogP) is 2.01. The van der Waals surface area contributed by atoms with Crippen LogP contribution in [0.25, 0.3) is 0 Å². The van der Waals surface area contributed by atoms with E-state index in [1.807, 2.05) is 0 Å². The Bertz CT molecular complexity index is 821. The van der Waals surface area contributed by atoms with E-state index < -0.39 is 56.2 Å². The van der Waals surface area contributed by atoms with Crippen LogP contribution >= 0.6 is 20.1 Å². The summed E-state index contributed by atoms with van der Waals surface area (Å²) in [5, 5.41) is 21.8. The molecule has 134 valence electrons. The number of rotatable bonds is 7. The molecule has 0 aliphatic heterocycles. The minimum Gasteiger partial charge on any atom is -0.744 e. The Morgan fingerprint density at radius 2 is 1.54 bits per heavy atom. The van der Waals surface area contributed by atoms with Crippen LogP contribution in [-0.2, 0) is 14.4 Å². The quantitative estimate of drug-likeness (QED) is 0.284. The van der Waals surface area contributed by atoms with Gasteiger partial charge in [-0.05, 0) is 6.26 Å². The lowest BCUT2D eigenvalue weighted by Gasteiger charge is -2.19. The first-order valence-electron chi connectivity index (χ1n) is 5.68. The van der Waals surface area contributed by atoms with Gasteiger partial charge < -0.3 is 4.55 Å².